The molecule has 170 valence electrons. The number of rotatable bonds is 3. The van der Waals surface area contributed by atoms with Gasteiger partial charge in [-0.2, -0.15) is 13.2 Å². The second-order valence-corrected chi connectivity index (χ2v) is 8.14. The van der Waals surface area contributed by atoms with Crippen LogP contribution in [0.25, 0.3) is 0 Å². The first-order valence-corrected chi connectivity index (χ1v) is 10.3. The van der Waals surface area contributed by atoms with Crippen molar-refractivity contribution >= 4 is 23.3 Å². The molecule has 0 unspecified atom stereocenters. The number of ether oxygens (including phenoxy) is 1. The predicted molar refractivity (Wildman–Crippen MR) is 103 cm³/mol. The van der Waals surface area contributed by atoms with E-state index in [0.717, 1.165) is 50.6 Å². The molecule has 0 aliphatic carbocycles. The van der Waals surface area contributed by atoms with Gasteiger partial charge < -0.3 is 14.7 Å². The van der Waals surface area contributed by atoms with Crippen LogP contribution in [-0.2, 0) is 16.1 Å². The number of carbonyl (C=O) groups is 1. The highest BCUT2D eigenvalue weighted by atomic mass is 32.1. The van der Waals surface area contributed by atoms with Gasteiger partial charge in [-0.15, -0.1) is 11.3 Å². The molecule has 0 atom stereocenters. The Bertz CT molecular complexity index is 843. The van der Waals surface area contributed by atoms with Crippen molar-refractivity contribution in [1.82, 2.24) is 19.9 Å². The molecule has 0 aromatic carbocycles. The summed E-state index contributed by atoms with van der Waals surface area (Å²) in [6, 6.07) is 0. The fourth-order valence-corrected chi connectivity index (χ4v) is 4.09. The van der Waals surface area contributed by atoms with Crippen LogP contribution in [0.5, 0.6) is 0 Å². The van der Waals surface area contributed by atoms with Gasteiger partial charge in [0.25, 0.3) is 0 Å². The van der Waals surface area contributed by atoms with Gasteiger partial charge in [0.15, 0.2) is 5.82 Å². The van der Waals surface area contributed by atoms with E-state index in [1.54, 1.807) is 11.3 Å². The third kappa shape index (κ3) is 6.55. The lowest BCUT2D eigenvalue weighted by Crippen LogP contribution is -2.57. The van der Waals surface area contributed by atoms with E-state index in [4.69, 9.17) is 14.6 Å². The molecule has 2 aromatic rings. The molecule has 2 aliphatic rings. The Balaban J connectivity index is 0.000000339. The number of carboxylic acid groups (broad SMARTS) is 1. The molecule has 31 heavy (non-hydrogen) atoms. The van der Waals surface area contributed by atoms with E-state index in [2.05, 4.69) is 24.8 Å². The first kappa shape index (κ1) is 23.3. The van der Waals surface area contributed by atoms with Gasteiger partial charge in [-0.25, -0.2) is 24.1 Å². The summed E-state index contributed by atoms with van der Waals surface area (Å²) in [7, 11) is 0. The Morgan fingerprint density at radius 1 is 1.19 bits per heavy atom. The van der Waals surface area contributed by atoms with Crippen LogP contribution in [0, 0.1) is 5.82 Å². The highest BCUT2D eigenvalue weighted by molar-refractivity contribution is 7.09. The Morgan fingerprint density at radius 2 is 1.84 bits per heavy atom. The number of hydrogen-bond acceptors (Lipinski definition) is 8. The lowest BCUT2D eigenvalue weighted by Gasteiger charge is -2.47. The van der Waals surface area contributed by atoms with E-state index in [1.165, 1.54) is 12.4 Å². The van der Waals surface area contributed by atoms with Crippen molar-refractivity contribution in [3.63, 3.8) is 0 Å². The maximum atomic E-state index is 13.0. The minimum Gasteiger partial charge on any atom is -0.475 e. The zero-order valence-corrected chi connectivity index (χ0v) is 17.2. The van der Waals surface area contributed by atoms with Gasteiger partial charge in [0.2, 0.25) is 5.95 Å². The molecule has 0 saturated carbocycles. The molecular weight excluding hydrogens is 442 g/mol. The highest BCUT2D eigenvalue weighted by Gasteiger charge is 2.40. The number of nitrogens with zero attached hydrogens (tertiary/aromatic N) is 5. The first-order valence-electron chi connectivity index (χ1n) is 9.44. The minimum atomic E-state index is -5.08. The molecule has 4 rings (SSSR count). The topological polar surface area (TPSA) is 91.7 Å². The monoisotopic (exact) mass is 463 g/mol. The third-order valence-corrected chi connectivity index (χ3v) is 5.75. The summed E-state index contributed by atoms with van der Waals surface area (Å²) in [6.45, 7) is 5.08. The third-order valence-electron chi connectivity index (χ3n) is 4.99. The predicted octanol–water partition coefficient (Wildman–Crippen LogP) is 2.58. The fraction of sp³-hybridized carbons (Fsp3) is 0.556. The molecule has 8 nitrogen and oxygen atoms in total. The molecule has 0 amide bonds. The molecule has 2 saturated heterocycles. The minimum absolute atomic E-state index is 0.143. The standard InChI is InChI=1S/C16H20FN5OS.C2HF3O2/c17-13-9-19-15(20-10-13)22-6-7-23-16(12-22)1-4-21(5-2-16)11-14-18-3-8-24-14;3-2(4,5)1(6)7/h3,8-10H,1-2,4-7,11-12H2;(H,6,7). The summed E-state index contributed by atoms with van der Waals surface area (Å²) >= 11 is 1.70. The molecule has 2 aromatic heterocycles. The number of thiazole rings is 1. The van der Waals surface area contributed by atoms with E-state index in [9.17, 15) is 17.6 Å². The number of alkyl halides is 3. The summed E-state index contributed by atoms with van der Waals surface area (Å²) in [5.41, 5.74) is -0.143. The van der Waals surface area contributed by atoms with Crippen LogP contribution < -0.4 is 4.90 Å². The fourth-order valence-electron chi connectivity index (χ4n) is 3.43. The summed E-state index contributed by atoms with van der Waals surface area (Å²) in [5, 5.41) is 10.3. The molecule has 13 heteroatoms. The van der Waals surface area contributed by atoms with Crippen LogP contribution in [0.3, 0.4) is 0 Å². The van der Waals surface area contributed by atoms with Crippen LogP contribution in [-0.4, -0.2) is 75.5 Å². The molecule has 0 bridgehead atoms. The zero-order chi connectivity index (χ0) is 22.5. The molecule has 1 N–H and O–H groups in total. The molecule has 0 radical (unpaired) electrons. The van der Waals surface area contributed by atoms with Crippen molar-refractivity contribution in [2.24, 2.45) is 0 Å². The summed E-state index contributed by atoms with van der Waals surface area (Å²) in [6.07, 6.45) is 1.19. The number of halogens is 4. The van der Waals surface area contributed by atoms with Crippen LogP contribution in [0.1, 0.15) is 17.8 Å². The average Bonchev–Trinajstić information content (AvgIpc) is 3.23. The number of carboxylic acids is 1. The van der Waals surface area contributed by atoms with Gasteiger partial charge in [0, 0.05) is 31.2 Å². The van der Waals surface area contributed by atoms with Crippen molar-refractivity contribution in [3.8, 4) is 0 Å². The van der Waals surface area contributed by atoms with Crippen molar-refractivity contribution in [2.45, 2.75) is 31.2 Å². The molecule has 4 heterocycles. The lowest BCUT2D eigenvalue weighted by molar-refractivity contribution is -0.192. The largest absolute Gasteiger partial charge is 0.490 e. The SMILES string of the molecule is Fc1cnc(N2CCOC3(CCN(Cc4nccs4)CC3)C2)nc1.O=C(O)C(F)(F)F. The summed E-state index contributed by atoms with van der Waals surface area (Å²) < 4.78 is 50.9. The maximum absolute atomic E-state index is 13.0. The second-order valence-electron chi connectivity index (χ2n) is 7.16. The maximum Gasteiger partial charge on any atom is 0.490 e. The Labute approximate surface area is 179 Å². The van der Waals surface area contributed by atoms with E-state index >= 15 is 0 Å². The van der Waals surface area contributed by atoms with E-state index < -0.39 is 18.0 Å². The lowest BCUT2D eigenvalue weighted by atomic mass is 9.89. The summed E-state index contributed by atoms with van der Waals surface area (Å²) in [4.78, 5) is 26.0. The number of anilines is 1. The Hall–Kier alpha value is -2.38. The average molecular weight is 463 g/mol. The van der Waals surface area contributed by atoms with Crippen LogP contribution in [0.4, 0.5) is 23.5 Å². The highest BCUT2D eigenvalue weighted by Crippen LogP contribution is 2.32. The van der Waals surface area contributed by atoms with E-state index in [0.29, 0.717) is 12.6 Å². The van der Waals surface area contributed by atoms with Crippen molar-refractivity contribution in [1.29, 1.82) is 0 Å². The van der Waals surface area contributed by atoms with Gasteiger partial charge in [-0.1, -0.05) is 0 Å². The van der Waals surface area contributed by atoms with Gasteiger partial charge in [0.1, 0.15) is 5.01 Å². The van der Waals surface area contributed by atoms with Crippen LogP contribution in [0.15, 0.2) is 24.0 Å². The number of hydrogen-bond donors (Lipinski definition) is 1. The van der Waals surface area contributed by atoms with Crippen LogP contribution in [0.2, 0.25) is 0 Å². The zero-order valence-electron chi connectivity index (χ0n) is 16.4. The summed E-state index contributed by atoms with van der Waals surface area (Å²) in [5.74, 6) is -2.57. The molecule has 2 fully saturated rings. The number of likely N-dealkylation sites (tertiary alicyclic amines) is 1. The van der Waals surface area contributed by atoms with Gasteiger partial charge >= 0.3 is 12.1 Å². The van der Waals surface area contributed by atoms with Gasteiger partial charge in [0.05, 0.1) is 37.7 Å². The Kier molecular flexibility index (Phi) is 7.38. The first-order chi connectivity index (χ1) is 14.7. The molecule has 1 spiro atoms. The number of piperidine rings is 1. The molecular formula is C18H21F4N5O3S. The van der Waals surface area contributed by atoms with Crippen molar-refractivity contribution < 1.29 is 32.2 Å². The van der Waals surface area contributed by atoms with E-state index in [-0.39, 0.29) is 5.60 Å². The normalized spacial score (nSPS) is 19.0. The number of aromatic nitrogens is 3. The van der Waals surface area contributed by atoms with Crippen molar-refractivity contribution in [2.75, 3.05) is 37.7 Å². The number of aliphatic carboxylic acids is 1. The smallest absolute Gasteiger partial charge is 0.475 e. The van der Waals surface area contributed by atoms with E-state index in [1.807, 2.05) is 11.6 Å². The van der Waals surface area contributed by atoms with Gasteiger partial charge in [-0.05, 0) is 12.8 Å². The Morgan fingerprint density at radius 3 is 2.39 bits per heavy atom. The number of morpholine rings is 1. The second kappa shape index (κ2) is 9.83. The van der Waals surface area contributed by atoms with Crippen molar-refractivity contribution in [3.05, 3.63) is 34.8 Å². The van der Waals surface area contributed by atoms with Gasteiger partial charge in [-0.3, -0.25) is 4.90 Å². The quantitative estimate of drug-likeness (QED) is 0.695. The van der Waals surface area contributed by atoms with Crippen LogP contribution >= 0.6 is 11.3 Å². The molecule has 2 aliphatic heterocycles.